The van der Waals surface area contributed by atoms with Crippen LogP contribution in [0.15, 0.2) is 0 Å². The van der Waals surface area contributed by atoms with Crippen LogP contribution in [0.3, 0.4) is 0 Å². The van der Waals surface area contributed by atoms with Gasteiger partial charge in [0, 0.05) is 0 Å². The van der Waals surface area contributed by atoms with Crippen LogP contribution < -0.4 is 0 Å². The maximum absolute atomic E-state index is 2.30. The Morgan fingerprint density at radius 2 is 1.89 bits per heavy atom. The van der Waals surface area contributed by atoms with Crippen molar-refractivity contribution in [3.05, 3.63) is 0 Å². The zero-order valence-corrected chi connectivity index (χ0v) is 7.91. The molecule has 1 heteroatoms. The van der Waals surface area contributed by atoms with Crippen molar-refractivity contribution in [1.29, 1.82) is 0 Å². The molecule has 0 aliphatic rings. The quantitative estimate of drug-likeness (QED) is 0.413. The second-order valence-electron chi connectivity index (χ2n) is 2.93. The Hall–Kier alpha value is 0.430. The fourth-order valence-corrected chi connectivity index (χ4v) is 2.08. The van der Waals surface area contributed by atoms with E-state index < -0.39 is 0 Å². The normalized spacial score (nSPS) is 12.0. The van der Waals surface area contributed by atoms with Crippen molar-refractivity contribution in [1.82, 2.24) is 0 Å². The molecule has 1 unspecified atom stereocenters. The van der Waals surface area contributed by atoms with Crippen LogP contribution in [-0.2, 0) is 0 Å². The van der Waals surface area contributed by atoms with Gasteiger partial charge in [0.25, 0.3) is 0 Å². The van der Waals surface area contributed by atoms with Gasteiger partial charge in [-0.05, 0) is 24.7 Å². The van der Waals surface area contributed by atoms with Gasteiger partial charge in [0.15, 0.2) is 0 Å². The minimum atomic E-state index is 0.911. The predicted molar refractivity (Wildman–Crippen MR) is 47.8 cm³/mol. The third kappa shape index (κ3) is 8.43. The molecular formula is C8H19P. The van der Waals surface area contributed by atoms with E-state index in [4.69, 9.17) is 0 Å². The first kappa shape index (κ1) is 9.43. The molecule has 9 heavy (non-hydrogen) atoms. The molecular weight excluding hydrogens is 127 g/mol. The minimum Gasteiger partial charge on any atom is -0.122 e. The van der Waals surface area contributed by atoms with Crippen LogP contribution in [0.2, 0.25) is 0 Å². The zero-order valence-electron chi connectivity index (χ0n) is 6.91. The van der Waals surface area contributed by atoms with Gasteiger partial charge in [-0.25, -0.2) is 0 Å². The van der Waals surface area contributed by atoms with E-state index in [1.807, 2.05) is 0 Å². The lowest BCUT2D eigenvalue weighted by Crippen LogP contribution is -1.88. The molecule has 0 radical (unpaired) electrons. The van der Waals surface area contributed by atoms with E-state index in [9.17, 15) is 0 Å². The Labute approximate surface area is 61.2 Å². The smallest absolute Gasteiger partial charge is 0.0351 e. The Morgan fingerprint density at radius 3 is 2.33 bits per heavy atom. The average molecular weight is 146 g/mol. The molecule has 0 amide bonds. The topological polar surface area (TPSA) is 0 Å². The van der Waals surface area contributed by atoms with E-state index in [-0.39, 0.29) is 0 Å². The molecule has 1 atom stereocenters. The van der Waals surface area contributed by atoms with Gasteiger partial charge in [-0.1, -0.05) is 27.2 Å². The van der Waals surface area contributed by atoms with Crippen molar-refractivity contribution in [3.63, 3.8) is 0 Å². The fraction of sp³-hybridized carbons (Fsp3) is 1.00. The van der Waals surface area contributed by atoms with Gasteiger partial charge in [0.05, 0.1) is 0 Å². The van der Waals surface area contributed by atoms with E-state index >= 15 is 0 Å². The summed E-state index contributed by atoms with van der Waals surface area (Å²) in [5, 5.41) is 0. The third-order valence-electron chi connectivity index (χ3n) is 1.33. The van der Waals surface area contributed by atoms with E-state index in [1.54, 1.807) is 0 Å². The Balaban J connectivity index is 2.75. The lowest BCUT2D eigenvalue weighted by Gasteiger charge is -2.02. The maximum Gasteiger partial charge on any atom is -0.0351 e. The van der Waals surface area contributed by atoms with Gasteiger partial charge in [0.1, 0.15) is 0 Å². The van der Waals surface area contributed by atoms with Crippen LogP contribution in [0.4, 0.5) is 0 Å². The summed E-state index contributed by atoms with van der Waals surface area (Å²) in [6, 6.07) is 0. The molecule has 0 bridgehead atoms. The highest BCUT2D eigenvalue weighted by molar-refractivity contribution is 7.37. The van der Waals surface area contributed by atoms with Crippen molar-refractivity contribution in [2.45, 2.75) is 33.6 Å². The summed E-state index contributed by atoms with van der Waals surface area (Å²) in [5.41, 5.74) is 0. The molecule has 0 fully saturated rings. The van der Waals surface area contributed by atoms with Crippen LogP contribution in [0.1, 0.15) is 33.6 Å². The summed E-state index contributed by atoms with van der Waals surface area (Å²) in [6.07, 6.45) is 5.72. The first-order chi connectivity index (χ1) is 4.27. The van der Waals surface area contributed by atoms with Crippen LogP contribution in [0.25, 0.3) is 0 Å². The van der Waals surface area contributed by atoms with Crippen molar-refractivity contribution >= 4 is 8.58 Å². The lowest BCUT2D eigenvalue weighted by atomic mass is 10.2. The molecule has 0 nitrogen and oxygen atoms in total. The van der Waals surface area contributed by atoms with Gasteiger partial charge in [0.2, 0.25) is 0 Å². The molecule has 0 rings (SSSR count). The monoisotopic (exact) mass is 146 g/mol. The van der Waals surface area contributed by atoms with Crippen molar-refractivity contribution < 1.29 is 0 Å². The van der Waals surface area contributed by atoms with Crippen molar-refractivity contribution in [2.75, 3.05) is 12.3 Å². The summed E-state index contributed by atoms with van der Waals surface area (Å²) in [6.45, 7) is 6.87. The summed E-state index contributed by atoms with van der Waals surface area (Å²) < 4.78 is 0. The molecule has 0 aliphatic carbocycles. The van der Waals surface area contributed by atoms with Crippen LogP contribution in [-0.4, -0.2) is 12.3 Å². The van der Waals surface area contributed by atoms with Crippen LogP contribution in [0, 0.1) is 5.92 Å². The van der Waals surface area contributed by atoms with Crippen molar-refractivity contribution in [3.8, 4) is 0 Å². The second-order valence-corrected chi connectivity index (χ2v) is 4.43. The van der Waals surface area contributed by atoms with Crippen LogP contribution in [0.5, 0.6) is 0 Å². The molecule has 56 valence electrons. The standard InChI is InChI=1S/C8H19P/c1-4-6-9-7-5-8(2)3/h8-9H,4-7H2,1-3H3. The van der Waals surface area contributed by atoms with Gasteiger partial charge >= 0.3 is 0 Å². The first-order valence-electron chi connectivity index (χ1n) is 3.98. The van der Waals surface area contributed by atoms with E-state index in [1.165, 1.54) is 33.7 Å². The molecule has 0 aromatic rings. The summed E-state index contributed by atoms with van der Waals surface area (Å²) in [7, 11) is 1.23. The SMILES string of the molecule is CCCPCCC(C)C. The highest BCUT2D eigenvalue weighted by Crippen LogP contribution is 2.15. The van der Waals surface area contributed by atoms with Gasteiger partial charge in [-0.2, -0.15) is 0 Å². The summed E-state index contributed by atoms with van der Waals surface area (Å²) in [4.78, 5) is 0. The minimum absolute atomic E-state index is 0.911. The molecule has 0 aliphatic heterocycles. The highest BCUT2D eigenvalue weighted by atomic mass is 31.1. The summed E-state index contributed by atoms with van der Waals surface area (Å²) in [5.74, 6) is 0.911. The molecule has 0 saturated carbocycles. The molecule has 0 heterocycles. The zero-order chi connectivity index (χ0) is 7.11. The predicted octanol–water partition coefficient (Wildman–Crippen LogP) is 3.12. The molecule has 0 saturated heterocycles. The number of hydrogen-bond donors (Lipinski definition) is 0. The van der Waals surface area contributed by atoms with Crippen molar-refractivity contribution in [2.24, 2.45) is 5.92 Å². The Kier molecular flexibility index (Phi) is 6.86. The maximum atomic E-state index is 2.30. The van der Waals surface area contributed by atoms with E-state index in [2.05, 4.69) is 20.8 Å². The van der Waals surface area contributed by atoms with Gasteiger partial charge in [-0.15, -0.1) is 8.58 Å². The van der Waals surface area contributed by atoms with E-state index in [0.717, 1.165) is 5.92 Å². The molecule has 0 aromatic carbocycles. The molecule has 0 aromatic heterocycles. The molecule has 0 spiro atoms. The molecule has 0 N–H and O–H groups in total. The second kappa shape index (κ2) is 6.55. The highest BCUT2D eigenvalue weighted by Gasteiger charge is 1.91. The van der Waals surface area contributed by atoms with E-state index in [0.29, 0.717) is 0 Å². The lowest BCUT2D eigenvalue weighted by molar-refractivity contribution is 0.631. The number of rotatable bonds is 5. The van der Waals surface area contributed by atoms with Gasteiger partial charge in [-0.3, -0.25) is 0 Å². The fourth-order valence-electron chi connectivity index (χ4n) is 0.693. The van der Waals surface area contributed by atoms with Crippen LogP contribution >= 0.6 is 8.58 Å². The Bertz CT molecular complexity index is 50.5. The Morgan fingerprint density at radius 1 is 1.22 bits per heavy atom. The number of hydrogen-bond acceptors (Lipinski definition) is 0. The first-order valence-corrected chi connectivity index (χ1v) is 5.39. The van der Waals surface area contributed by atoms with Gasteiger partial charge < -0.3 is 0 Å². The summed E-state index contributed by atoms with van der Waals surface area (Å²) >= 11 is 0. The third-order valence-corrected chi connectivity index (χ3v) is 2.82. The largest absolute Gasteiger partial charge is 0.122 e. The average Bonchev–Trinajstić information content (AvgIpc) is 1.80.